The van der Waals surface area contributed by atoms with E-state index < -0.39 is 10.0 Å². The van der Waals surface area contributed by atoms with E-state index in [1.165, 1.54) is 16.4 Å². The highest BCUT2D eigenvalue weighted by Crippen LogP contribution is 2.26. The smallest absolute Gasteiger partial charge is 0.244 e. The highest BCUT2D eigenvalue weighted by molar-refractivity contribution is 7.89. The fourth-order valence-corrected chi connectivity index (χ4v) is 6.33. The normalized spacial score (nSPS) is 15.1. The van der Waals surface area contributed by atoms with E-state index in [4.69, 9.17) is 0 Å². The number of benzene rings is 2. The van der Waals surface area contributed by atoms with Crippen molar-refractivity contribution < 1.29 is 13.2 Å². The summed E-state index contributed by atoms with van der Waals surface area (Å²) in [5, 5.41) is 15.3. The number of hydrogen-bond acceptors (Lipinski definition) is 6. The second-order valence-corrected chi connectivity index (χ2v) is 11.2. The second-order valence-electron chi connectivity index (χ2n) is 8.28. The van der Waals surface area contributed by atoms with E-state index >= 15 is 0 Å². The lowest BCUT2D eigenvalue weighted by atomic mass is 9.97. The zero-order chi connectivity index (χ0) is 24.1. The topological polar surface area (TPSA) is 103 Å². The van der Waals surface area contributed by atoms with Crippen molar-refractivity contribution in [2.24, 2.45) is 5.92 Å². The first-order valence-corrected chi connectivity index (χ1v) is 13.5. The van der Waals surface area contributed by atoms with Gasteiger partial charge in [0.15, 0.2) is 0 Å². The van der Waals surface area contributed by atoms with Gasteiger partial charge >= 0.3 is 0 Å². The number of carbonyl (C=O) groups excluding carboxylic acids is 1. The molecule has 1 saturated heterocycles. The molecule has 1 aliphatic heterocycles. The van der Waals surface area contributed by atoms with Crippen molar-refractivity contribution in [2.45, 2.75) is 31.1 Å². The van der Waals surface area contributed by atoms with Crippen LogP contribution in [0.4, 0.5) is 0 Å². The van der Waals surface area contributed by atoms with Gasteiger partial charge in [-0.15, -0.1) is 11.3 Å². The predicted octanol–water partition coefficient (Wildman–Crippen LogP) is 3.75. The van der Waals surface area contributed by atoms with Crippen molar-refractivity contribution in [2.75, 3.05) is 19.6 Å². The maximum atomic E-state index is 13.0. The lowest BCUT2D eigenvalue weighted by Crippen LogP contribution is -2.43. The van der Waals surface area contributed by atoms with Crippen molar-refractivity contribution in [3.8, 4) is 17.3 Å². The average Bonchev–Trinajstić information content (AvgIpc) is 3.30. The van der Waals surface area contributed by atoms with Crippen LogP contribution in [0.2, 0.25) is 0 Å². The van der Waals surface area contributed by atoms with Crippen molar-refractivity contribution in [1.82, 2.24) is 14.6 Å². The molecule has 2 heterocycles. The molecule has 1 fully saturated rings. The Morgan fingerprint density at radius 3 is 2.53 bits per heavy atom. The molecule has 0 unspecified atom stereocenters. The molecule has 3 aromatic rings. The number of amides is 1. The number of hydrogen-bond donors (Lipinski definition) is 1. The minimum absolute atomic E-state index is 0.0244. The maximum absolute atomic E-state index is 13.0. The van der Waals surface area contributed by atoms with Crippen molar-refractivity contribution in [3.63, 3.8) is 0 Å². The van der Waals surface area contributed by atoms with Crippen LogP contribution in [0.15, 0.2) is 58.8 Å². The molecule has 1 aromatic heterocycles. The Bertz CT molecular complexity index is 1300. The van der Waals surface area contributed by atoms with Gasteiger partial charge in [0.1, 0.15) is 6.07 Å². The number of piperidine rings is 1. The monoisotopic (exact) mass is 494 g/mol. The SMILES string of the molecule is Cc1nc(-c2ccc(CCNC(=O)C3CCN(S(=O)(=O)c4ccccc4C#N)CC3)cc2)cs1. The van der Waals surface area contributed by atoms with Gasteiger partial charge in [-0.25, -0.2) is 13.4 Å². The summed E-state index contributed by atoms with van der Waals surface area (Å²) in [5.41, 5.74) is 3.33. The summed E-state index contributed by atoms with van der Waals surface area (Å²) < 4.78 is 27.3. The van der Waals surface area contributed by atoms with Crippen LogP contribution in [-0.4, -0.2) is 43.2 Å². The van der Waals surface area contributed by atoms with Crippen LogP contribution in [0.5, 0.6) is 0 Å². The summed E-state index contributed by atoms with van der Waals surface area (Å²) in [4.78, 5) is 17.2. The molecular weight excluding hydrogens is 468 g/mol. The van der Waals surface area contributed by atoms with Gasteiger partial charge in [0.05, 0.1) is 21.2 Å². The van der Waals surface area contributed by atoms with E-state index in [0.717, 1.165) is 28.2 Å². The number of aryl methyl sites for hydroxylation is 1. The van der Waals surface area contributed by atoms with Crippen LogP contribution in [0.1, 0.15) is 29.0 Å². The first-order valence-electron chi connectivity index (χ1n) is 11.2. The lowest BCUT2D eigenvalue weighted by Gasteiger charge is -2.30. The minimum Gasteiger partial charge on any atom is -0.356 e. The first-order chi connectivity index (χ1) is 16.4. The molecule has 4 rings (SSSR count). The van der Waals surface area contributed by atoms with E-state index in [9.17, 15) is 18.5 Å². The Balaban J connectivity index is 1.26. The van der Waals surface area contributed by atoms with Gasteiger partial charge < -0.3 is 5.32 Å². The Morgan fingerprint density at radius 1 is 1.18 bits per heavy atom. The van der Waals surface area contributed by atoms with Gasteiger partial charge in [-0.05, 0) is 43.9 Å². The highest BCUT2D eigenvalue weighted by Gasteiger charge is 2.33. The summed E-state index contributed by atoms with van der Waals surface area (Å²) in [6.45, 7) is 3.04. The van der Waals surface area contributed by atoms with Crippen LogP contribution < -0.4 is 5.32 Å². The molecule has 176 valence electrons. The minimum atomic E-state index is -3.75. The third-order valence-electron chi connectivity index (χ3n) is 6.03. The average molecular weight is 495 g/mol. The predicted molar refractivity (Wildman–Crippen MR) is 132 cm³/mol. The summed E-state index contributed by atoms with van der Waals surface area (Å²) in [7, 11) is -3.75. The lowest BCUT2D eigenvalue weighted by molar-refractivity contribution is -0.126. The van der Waals surface area contributed by atoms with Crippen molar-refractivity contribution in [1.29, 1.82) is 5.26 Å². The van der Waals surface area contributed by atoms with E-state index in [2.05, 4.69) is 22.4 Å². The molecule has 0 aliphatic carbocycles. The maximum Gasteiger partial charge on any atom is 0.244 e. The summed E-state index contributed by atoms with van der Waals surface area (Å²) in [6, 6.07) is 16.4. The fraction of sp³-hybridized carbons (Fsp3) is 0.320. The standard InChI is InChI=1S/C25H26N4O3S2/c1-18-28-23(17-33-18)20-8-6-19(7-9-20)10-13-27-25(30)21-11-14-29(15-12-21)34(31,32)24-5-3-2-4-22(24)16-26/h2-9,17,21H,10-15H2,1H3,(H,27,30). The van der Waals surface area contributed by atoms with Gasteiger partial charge in [-0.3, -0.25) is 4.79 Å². The number of sulfonamides is 1. The quantitative estimate of drug-likeness (QED) is 0.539. The molecule has 0 bridgehead atoms. The number of nitrogens with one attached hydrogen (secondary N) is 1. The number of thiazole rings is 1. The van der Waals surface area contributed by atoms with Crippen LogP contribution in [0.25, 0.3) is 11.3 Å². The molecule has 34 heavy (non-hydrogen) atoms. The van der Waals surface area contributed by atoms with E-state index in [1.54, 1.807) is 23.5 Å². The Kier molecular flexibility index (Phi) is 7.41. The molecule has 1 amide bonds. The molecule has 0 atom stereocenters. The van der Waals surface area contributed by atoms with Gasteiger partial charge in [0, 0.05) is 36.5 Å². The van der Waals surface area contributed by atoms with Crippen LogP contribution >= 0.6 is 11.3 Å². The number of rotatable bonds is 7. The van der Waals surface area contributed by atoms with Crippen LogP contribution in [0.3, 0.4) is 0 Å². The molecule has 1 aliphatic rings. The van der Waals surface area contributed by atoms with Gasteiger partial charge in [-0.1, -0.05) is 36.4 Å². The van der Waals surface area contributed by atoms with Gasteiger partial charge in [-0.2, -0.15) is 9.57 Å². The Labute approximate surface area is 204 Å². The third-order valence-corrected chi connectivity index (χ3v) is 8.76. The second kappa shape index (κ2) is 10.5. The fourth-order valence-electron chi connectivity index (χ4n) is 4.09. The zero-order valence-electron chi connectivity index (χ0n) is 18.9. The number of aromatic nitrogens is 1. The first kappa shape index (κ1) is 24.1. The van der Waals surface area contributed by atoms with Crippen LogP contribution in [-0.2, 0) is 21.2 Å². The van der Waals surface area contributed by atoms with Gasteiger partial charge in [0.2, 0.25) is 15.9 Å². The van der Waals surface area contributed by atoms with E-state index in [1.807, 2.05) is 30.5 Å². The molecular formula is C25H26N4O3S2. The Morgan fingerprint density at radius 2 is 1.88 bits per heavy atom. The number of carbonyl (C=O) groups is 1. The van der Waals surface area contributed by atoms with E-state index in [0.29, 0.717) is 19.4 Å². The molecule has 0 saturated carbocycles. The molecule has 0 radical (unpaired) electrons. The van der Waals surface area contributed by atoms with Crippen LogP contribution in [0, 0.1) is 24.2 Å². The molecule has 7 nitrogen and oxygen atoms in total. The molecule has 0 spiro atoms. The molecule has 9 heteroatoms. The zero-order valence-corrected chi connectivity index (χ0v) is 20.5. The third kappa shape index (κ3) is 5.36. The van der Waals surface area contributed by atoms with Crippen molar-refractivity contribution in [3.05, 3.63) is 70.0 Å². The summed E-state index contributed by atoms with van der Waals surface area (Å²) in [5.74, 6) is -0.253. The highest BCUT2D eigenvalue weighted by atomic mass is 32.2. The van der Waals surface area contributed by atoms with Crippen molar-refractivity contribution >= 4 is 27.3 Å². The molecule has 1 N–H and O–H groups in total. The van der Waals surface area contributed by atoms with Gasteiger partial charge in [0.25, 0.3) is 0 Å². The van der Waals surface area contributed by atoms with E-state index in [-0.39, 0.29) is 35.4 Å². The number of nitrogens with zero attached hydrogens (tertiary/aromatic N) is 3. The largest absolute Gasteiger partial charge is 0.356 e. The number of nitriles is 1. The summed E-state index contributed by atoms with van der Waals surface area (Å²) in [6.07, 6.45) is 1.64. The Hall–Kier alpha value is -3.06. The summed E-state index contributed by atoms with van der Waals surface area (Å²) >= 11 is 1.63. The molecule has 2 aromatic carbocycles.